The molecule has 8 nitrogen and oxygen atoms in total. The number of rotatable bonds is 10. The summed E-state index contributed by atoms with van der Waals surface area (Å²) in [6, 6.07) is 16.4. The van der Waals surface area contributed by atoms with Gasteiger partial charge in [-0.3, -0.25) is 4.57 Å². The number of hydrogen-bond donors (Lipinski definition) is 1. The number of tetrazole rings is 1. The Hall–Kier alpha value is -3.55. The van der Waals surface area contributed by atoms with Gasteiger partial charge < -0.3 is 0 Å². The maximum Gasteiger partial charge on any atom is 0.346 e. The maximum atomic E-state index is 12.9. The van der Waals surface area contributed by atoms with Crippen LogP contribution >= 0.6 is 0 Å². The fraction of sp³-hybridized carbons (Fsp3) is 0.375. The fourth-order valence-electron chi connectivity index (χ4n) is 3.73. The zero-order valence-corrected chi connectivity index (χ0v) is 18.7. The van der Waals surface area contributed by atoms with Gasteiger partial charge in [-0.15, -0.1) is 5.10 Å². The minimum atomic E-state index is -0.0120. The Morgan fingerprint density at radius 1 is 0.938 bits per heavy atom. The van der Waals surface area contributed by atoms with E-state index < -0.39 is 0 Å². The molecule has 0 aliphatic rings. The third-order valence-electron chi connectivity index (χ3n) is 5.59. The van der Waals surface area contributed by atoms with Crippen molar-refractivity contribution in [1.82, 2.24) is 35.0 Å². The molecule has 2 heterocycles. The number of nitrogens with zero attached hydrogens (tertiary/aromatic N) is 6. The van der Waals surface area contributed by atoms with Crippen molar-refractivity contribution < 1.29 is 0 Å². The first kappa shape index (κ1) is 21.7. The van der Waals surface area contributed by atoms with Crippen LogP contribution in [0.4, 0.5) is 0 Å². The van der Waals surface area contributed by atoms with Crippen molar-refractivity contribution in [2.24, 2.45) is 0 Å². The second kappa shape index (κ2) is 10.2. The average molecular weight is 432 g/mol. The first-order valence-corrected chi connectivity index (χ1v) is 11.3. The lowest BCUT2D eigenvalue weighted by atomic mass is 10.0. The third kappa shape index (κ3) is 4.85. The molecule has 166 valence electrons. The second-order valence-electron chi connectivity index (χ2n) is 7.99. The minimum absolute atomic E-state index is 0.0120. The van der Waals surface area contributed by atoms with Gasteiger partial charge in [-0.2, -0.15) is 5.10 Å². The van der Waals surface area contributed by atoms with Crippen molar-refractivity contribution in [2.45, 2.75) is 59.0 Å². The molecule has 2 aromatic heterocycles. The number of aromatic nitrogens is 7. The van der Waals surface area contributed by atoms with E-state index in [0.717, 1.165) is 60.2 Å². The van der Waals surface area contributed by atoms with Crippen molar-refractivity contribution in [3.8, 4) is 22.5 Å². The van der Waals surface area contributed by atoms with Crippen LogP contribution in [0.1, 0.15) is 50.9 Å². The fourth-order valence-corrected chi connectivity index (χ4v) is 3.73. The van der Waals surface area contributed by atoms with Gasteiger partial charge in [0.05, 0.1) is 6.54 Å². The monoisotopic (exact) mass is 431 g/mol. The molecule has 0 fully saturated rings. The number of unbranched alkanes of at least 4 members (excludes halogenated alkanes) is 2. The minimum Gasteiger partial charge on any atom is -0.274 e. The Morgan fingerprint density at radius 2 is 1.72 bits per heavy atom. The maximum absolute atomic E-state index is 12.9. The van der Waals surface area contributed by atoms with Gasteiger partial charge in [0.1, 0.15) is 5.82 Å². The second-order valence-corrected chi connectivity index (χ2v) is 7.99. The zero-order valence-electron chi connectivity index (χ0n) is 18.7. The SMILES string of the molecule is CCCCc1nn(CCCC)c(=O)n1Cc1ccc(-c2cccc(-c3nnn[nH]3)c2)cc1. The van der Waals surface area contributed by atoms with E-state index in [2.05, 4.69) is 76.0 Å². The van der Waals surface area contributed by atoms with E-state index in [0.29, 0.717) is 18.9 Å². The van der Waals surface area contributed by atoms with Crippen LogP contribution in [0.25, 0.3) is 22.5 Å². The molecule has 0 amide bonds. The summed E-state index contributed by atoms with van der Waals surface area (Å²) in [5.74, 6) is 1.52. The Bertz CT molecular complexity index is 1190. The number of H-pyrrole nitrogens is 1. The van der Waals surface area contributed by atoms with Crippen LogP contribution in [0.2, 0.25) is 0 Å². The average Bonchev–Trinajstić information content (AvgIpc) is 3.46. The summed E-state index contributed by atoms with van der Waals surface area (Å²) in [6.45, 7) is 5.49. The molecule has 1 N–H and O–H groups in total. The lowest BCUT2D eigenvalue weighted by Gasteiger charge is -2.08. The van der Waals surface area contributed by atoms with Gasteiger partial charge in [0.25, 0.3) is 0 Å². The van der Waals surface area contributed by atoms with Gasteiger partial charge >= 0.3 is 5.69 Å². The van der Waals surface area contributed by atoms with Gasteiger partial charge in [0.2, 0.25) is 0 Å². The molecule has 2 aromatic carbocycles. The summed E-state index contributed by atoms with van der Waals surface area (Å²) in [5, 5.41) is 18.7. The summed E-state index contributed by atoms with van der Waals surface area (Å²) in [4.78, 5) is 12.9. The molecule has 8 heteroatoms. The largest absolute Gasteiger partial charge is 0.346 e. The number of nitrogens with one attached hydrogen (secondary N) is 1. The van der Waals surface area contributed by atoms with Crippen LogP contribution in [0.15, 0.2) is 53.3 Å². The molecular weight excluding hydrogens is 402 g/mol. The lowest BCUT2D eigenvalue weighted by molar-refractivity contribution is 0.544. The highest BCUT2D eigenvalue weighted by molar-refractivity contribution is 5.70. The Kier molecular flexibility index (Phi) is 6.89. The van der Waals surface area contributed by atoms with Crippen molar-refractivity contribution in [3.63, 3.8) is 0 Å². The van der Waals surface area contributed by atoms with Gasteiger partial charge in [-0.25, -0.2) is 14.6 Å². The molecule has 4 aromatic rings. The number of aromatic amines is 1. The number of hydrogen-bond acceptors (Lipinski definition) is 5. The summed E-state index contributed by atoms with van der Waals surface area (Å²) in [6.07, 6.45) is 4.93. The molecule has 0 unspecified atom stereocenters. The summed E-state index contributed by atoms with van der Waals surface area (Å²) in [7, 11) is 0. The van der Waals surface area contributed by atoms with Crippen LogP contribution < -0.4 is 5.69 Å². The van der Waals surface area contributed by atoms with Crippen LogP contribution in [-0.2, 0) is 19.5 Å². The Balaban J connectivity index is 1.56. The van der Waals surface area contributed by atoms with Crippen LogP contribution in [0.3, 0.4) is 0 Å². The van der Waals surface area contributed by atoms with Gasteiger partial charge in [-0.05, 0) is 46.0 Å². The Morgan fingerprint density at radius 3 is 2.44 bits per heavy atom. The van der Waals surface area contributed by atoms with E-state index in [-0.39, 0.29) is 5.69 Å². The number of aryl methyl sites for hydroxylation is 2. The summed E-state index contributed by atoms with van der Waals surface area (Å²) < 4.78 is 3.46. The van der Waals surface area contributed by atoms with Gasteiger partial charge in [0, 0.05) is 18.5 Å². The summed E-state index contributed by atoms with van der Waals surface area (Å²) >= 11 is 0. The molecule has 4 rings (SSSR count). The molecule has 0 aliphatic carbocycles. The van der Waals surface area contributed by atoms with E-state index >= 15 is 0 Å². The van der Waals surface area contributed by atoms with Crippen molar-refractivity contribution >= 4 is 0 Å². The predicted molar refractivity (Wildman–Crippen MR) is 124 cm³/mol. The highest BCUT2D eigenvalue weighted by Gasteiger charge is 2.13. The topological polar surface area (TPSA) is 94.3 Å². The smallest absolute Gasteiger partial charge is 0.274 e. The molecule has 0 aliphatic heterocycles. The lowest BCUT2D eigenvalue weighted by Crippen LogP contribution is -2.26. The van der Waals surface area contributed by atoms with E-state index in [1.54, 1.807) is 4.68 Å². The van der Waals surface area contributed by atoms with Crippen molar-refractivity contribution in [2.75, 3.05) is 0 Å². The van der Waals surface area contributed by atoms with Crippen molar-refractivity contribution in [1.29, 1.82) is 0 Å². The van der Waals surface area contributed by atoms with Crippen molar-refractivity contribution in [3.05, 3.63) is 70.4 Å². The molecule has 0 saturated carbocycles. The normalized spacial score (nSPS) is 11.2. The zero-order chi connectivity index (χ0) is 22.3. The molecular formula is C24H29N7O. The van der Waals surface area contributed by atoms with Crippen LogP contribution in [0.5, 0.6) is 0 Å². The van der Waals surface area contributed by atoms with E-state index in [4.69, 9.17) is 0 Å². The van der Waals surface area contributed by atoms with E-state index in [1.807, 2.05) is 16.7 Å². The van der Waals surface area contributed by atoms with E-state index in [1.165, 1.54) is 0 Å². The predicted octanol–water partition coefficient (Wildman–Crippen LogP) is 4.08. The van der Waals surface area contributed by atoms with Crippen LogP contribution in [0, 0.1) is 0 Å². The van der Waals surface area contributed by atoms with Crippen LogP contribution in [-0.4, -0.2) is 35.0 Å². The molecule has 32 heavy (non-hydrogen) atoms. The van der Waals surface area contributed by atoms with E-state index in [9.17, 15) is 4.79 Å². The number of benzene rings is 2. The standard InChI is InChI=1S/C24H29N7O/c1-3-5-10-22-27-31(15-6-4-2)24(32)30(22)17-18-11-13-19(14-12-18)20-8-7-9-21(16-20)23-25-28-29-26-23/h7-9,11-14,16H,3-6,10,15,17H2,1-2H3,(H,25,26,28,29). The van der Waals surface area contributed by atoms with Gasteiger partial charge in [0.15, 0.2) is 5.82 Å². The first-order chi connectivity index (χ1) is 15.7. The highest BCUT2D eigenvalue weighted by atomic mass is 16.2. The Labute approximate surface area is 187 Å². The molecule has 0 bridgehead atoms. The quantitative estimate of drug-likeness (QED) is 0.408. The van der Waals surface area contributed by atoms with Gasteiger partial charge in [-0.1, -0.05) is 69.2 Å². The summed E-state index contributed by atoms with van der Waals surface area (Å²) in [5.41, 5.74) is 4.18. The third-order valence-corrected chi connectivity index (χ3v) is 5.59. The first-order valence-electron chi connectivity index (χ1n) is 11.3. The molecule has 0 atom stereocenters. The highest BCUT2D eigenvalue weighted by Crippen LogP contribution is 2.24. The molecule has 0 radical (unpaired) electrons. The molecule has 0 saturated heterocycles. The molecule has 0 spiro atoms.